The third-order valence-corrected chi connectivity index (χ3v) is 3.80. The molecule has 1 heterocycles. The summed E-state index contributed by atoms with van der Waals surface area (Å²) in [5.74, 6) is 0. The molecule has 0 saturated heterocycles. The van der Waals surface area contributed by atoms with Crippen LogP contribution < -0.4 is 0 Å². The lowest BCUT2D eigenvalue weighted by Crippen LogP contribution is -2.39. The van der Waals surface area contributed by atoms with Crippen LogP contribution in [0.1, 0.15) is 11.9 Å². The van der Waals surface area contributed by atoms with Crippen LogP contribution in [0.2, 0.25) is 0 Å². The van der Waals surface area contributed by atoms with Crippen molar-refractivity contribution in [3.63, 3.8) is 0 Å². The van der Waals surface area contributed by atoms with Gasteiger partial charge in [-0.15, -0.1) is 11.3 Å². The number of nitro groups is 1. The Morgan fingerprint density at radius 1 is 1.42 bits per heavy atom. The van der Waals surface area contributed by atoms with Crippen LogP contribution in [0, 0.1) is 10.1 Å². The monoisotopic (exact) mass is 292 g/mol. The zero-order chi connectivity index (χ0) is 14.4. The van der Waals surface area contributed by atoms with Gasteiger partial charge in [-0.1, -0.05) is 0 Å². The topological polar surface area (TPSA) is 76.3 Å². The summed E-state index contributed by atoms with van der Waals surface area (Å²) in [5, 5.41) is 19.5. The highest BCUT2D eigenvalue weighted by molar-refractivity contribution is 7.18. The van der Waals surface area contributed by atoms with Gasteiger partial charge in [-0.2, -0.15) is 13.2 Å². The van der Waals surface area contributed by atoms with Crippen molar-refractivity contribution in [2.24, 2.45) is 0 Å². The van der Waals surface area contributed by atoms with E-state index in [1.807, 2.05) is 0 Å². The van der Waals surface area contributed by atoms with Crippen molar-refractivity contribution in [1.29, 1.82) is 0 Å². The fourth-order valence-electron chi connectivity index (χ4n) is 1.36. The zero-order valence-electron chi connectivity index (χ0n) is 9.43. The van der Waals surface area contributed by atoms with E-state index in [-0.39, 0.29) is 11.2 Å². The number of fused-ring (bicyclic) bond motifs is 1. The number of thiazole rings is 1. The maximum atomic E-state index is 12.7. The van der Waals surface area contributed by atoms with Gasteiger partial charge in [-0.05, 0) is 13.0 Å². The van der Waals surface area contributed by atoms with E-state index in [0.717, 1.165) is 6.07 Å². The van der Waals surface area contributed by atoms with Crippen LogP contribution in [0.4, 0.5) is 18.9 Å². The first-order valence-electron chi connectivity index (χ1n) is 4.97. The van der Waals surface area contributed by atoms with E-state index in [9.17, 15) is 28.4 Å². The van der Waals surface area contributed by atoms with Crippen molar-refractivity contribution >= 4 is 27.2 Å². The van der Waals surface area contributed by atoms with Crippen LogP contribution in [0.25, 0.3) is 10.2 Å². The van der Waals surface area contributed by atoms with Crippen LogP contribution in [0.3, 0.4) is 0 Å². The van der Waals surface area contributed by atoms with Gasteiger partial charge in [0, 0.05) is 12.1 Å². The summed E-state index contributed by atoms with van der Waals surface area (Å²) < 4.78 is 38.3. The fourth-order valence-corrected chi connectivity index (χ4v) is 2.37. The molecule has 19 heavy (non-hydrogen) atoms. The molecule has 0 aliphatic heterocycles. The number of halogens is 3. The Hall–Kier alpha value is -1.74. The van der Waals surface area contributed by atoms with Crippen molar-refractivity contribution in [3.05, 3.63) is 33.3 Å². The minimum atomic E-state index is -4.87. The largest absolute Gasteiger partial charge is 0.423 e. The molecule has 0 radical (unpaired) electrons. The first kappa shape index (κ1) is 13.7. The lowest BCUT2D eigenvalue weighted by molar-refractivity contribution is -0.384. The Labute approximate surface area is 108 Å². The van der Waals surface area contributed by atoms with Gasteiger partial charge in [0.2, 0.25) is 5.60 Å². The van der Waals surface area contributed by atoms with Crippen molar-refractivity contribution in [1.82, 2.24) is 4.98 Å². The molecule has 2 aromatic rings. The van der Waals surface area contributed by atoms with Crippen molar-refractivity contribution in [2.45, 2.75) is 18.7 Å². The lowest BCUT2D eigenvalue weighted by Gasteiger charge is -2.23. The average molecular weight is 292 g/mol. The summed E-state index contributed by atoms with van der Waals surface area (Å²) in [6.07, 6.45) is -4.87. The smallest absolute Gasteiger partial charge is 0.375 e. The van der Waals surface area contributed by atoms with Crippen molar-refractivity contribution in [2.75, 3.05) is 0 Å². The highest BCUT2D eigenvalue weighted by atomic mass is 32.1. The maximum absolute atomic E-state index is 12.7. The summed E-state index contributed by atoms with van der Waals surface area (Å²) >= 11 is 0.648. The molecule has 1 aromatic heterocycles. The normalized spacial score (nSPS) is 15.4. The second kappa shape index (κ2) is 4.14. The molecule has 102 valence electrons. The zero-order valence-corrected chi connectivity index (χ0v) is 10.2. The van der Waals surface area contributed by atoms with Crippen molar-refractivity contribution < 1.29 is 23.2 Å². The standard InChI is InChI=1S/C10H7F3N2O3S/c1-9(16,10(11,12)13)8-14-6-4-5(15(17)18)2-3-7(6)19-8/h2-4,16H,1H3. The molecular weight excluding hydrogens is 285 g/mol. The van der Waals surface area contributed by atoms with Crippen LogP contribution in [0.5, 0.6) is 0 Å². The average Bonchev–Trinajstić information content (AvgIpc) is 2.70. The third-order valence-electron chi connectivity index (χ3n) is 2.55. The molecule has 1 N–H and O–H groups in total. The Morgan fingerprint density at radius 3 is 2.58 bits per heavy atom. The van der Waals surface area contributed by atoms with E-state index in [4.69, 9.17) is 0 Å². The van der Waals surface area contributed by atoms with E-state index < -0.39 is 21.7 Å². The highest BCUT2D eigenvalue weighted by Gasteiger charge is 2.53. The second-order valence-corrected chi connectivity index (χ2v) is 5.03. The van der Waals surface area contributed by atoms with Crippen LogP contribution in [-0.4, -0.2) is 21.2 Å². The minimum absolute atomic E-state index is 0.0544. The molecule has 9 heteroatoms. The number of nitro benzene ring substituents is 1. The highest BCUT2D eigenvalue weighted by Crippen LogP contribution is 2.41. The van der Waals surface area contributed by atoms with E-state index in [1.165, 1.54) is 12.1 Å². The molecule has 0 amide bonds. The van der Waals surface area contributed by atoms with Gasteiger partial charge in [0.1, 0.15) is 5.01 Å². The molecule has 0 saturated carbocycles. The molecule has 1 unspecified atom stereocenters. The SMILES string of the molecule is CC(O)(c1nc2cc([N+](=O)[O-])ccc2s1)C(F)(F)F. The Balaban J connectivity index is 2.56. The van der Waals surface area contributed by atoms with E-state index >= 15 is 0 Å². The van der Waals surface area contributed by atoms with E-state index in [1.54, 1.807) is 0 Å². The van der Waals surface area contributed by atoms with Gasteiger partial charge in [0.05, 0.1) is 15.1 Å². The summed E-state index contributed by atoms with van der Waals surface area (Å²) in [6.45, 7) is 0.596. The maximum Gasteiger partial charge on any atom is 0.423 e. The van der Waals surface area contributed by atoms with E-state index in [2.05, 4.69) is 4.98 Å². The minimum Gasteiger partial charge on any atom is -0.375 e. The number of hydrogen-bond acceptors (Lipinski definition) is 5. The first-order chi connectivity index (χ1) is 8.63. The second-order valence-electron chi connectivity index (χ2n) is 4.00. The van der Waals surface area contributed by atoms with Crippen LogP contribution in [-0.2, 0) is 5.60 Å². The molecule has 1 aromatic carbocycles. The van der Waals surface area contributed by atoms with E-state index in [0.29, 0.717) is 23.0 Å². The summed E-state index contributed by atoms with van der Waals surface area (Å²) in [5.41, 5.74) is -3.29. The molecule has 0 spiro atoms. The number of alkyl halides is 3. The summed E-state index contributed by atoms with van der Waals surface area (Å²) in [4.78, 5) is 13.5. The number of benzene rings is 1. The number of aromatic nitrogens is 1. The van der Waals surface area contributed by atoms with Gasteiger partial charge in [-0.3, -0.25) is 10.1 Å². The predicted molar refractivity (Wildman–Crippen MR) is 61.9 cm³/mol. The Morgan fingerprint density at radius 2 is 2.05 bits per heavy atom. The van der Waals surface area contributed by atoms with Gasteiger partial charge in [0.15, 0.2) is 0 Å². The number of non-ortho nitro benzene ring substituents is 1. The summed E-state index contributed by atoms with van der Waals surface area (Å²) in [7, 11) is 0. The molecule has 0 aliphatic carbocycles. The van der Waals surface area contributed by atoms with Gasteiger partial charge < -0.3 is 5.11 Å². The molecule has 0 bridgehead atoms. The first-order valence-corrected chi connectivity index (χ1v) is 5.79. The number of rotatable bonds is 2. The molecule has 2 rings (SSSR count). The third kappa shape index (κ3) is 2.26. The fraction of sp³-hybridized carbons (Fsp3) is 0.300. The Kier molecular flexibility index (Phi) is 2.98. The van der Waals surface area contributed by atoms with Gasteiger partial charge in [-0.25, -0.2) is 4.98 Å². The number of hydrogen-bond donors (Lipinski definition) is 1. The van der Waals surface area contributed by atoms with Crippen molar-refractivity contribution in [3.8, 4) is 0 Å². The molecule has 1 atom stereocenters. The molecule has 0 fully saturated rings. The van der Waals surface area contributed by atoms with Crippen LogP contribution in [0.15, 0.2) is 18.2 Å². The lowest BCUT2D eigenvalue weighted by atomic mass is 10.1. The number of aliphatic hydroxyl groups is 1. The molecule has 0 aliphatic rings. The van der Waals surface area contributed by atoms with Gasteiger partial charge in [0.25, 0.3) is 5.69 Å². The van der Waals surface area contributed by atoms with Crippen LogP contribution >= 0.6 is 11.3 Å². The molecule has 5 nitrogen and oxygen atoms in total. The molecular formula is C10H7F3N2O3S. The summed E-state index contributed by atoms with van der Waals surface area (Å²) in [6, 6.07) is 3.55. The Bertz CT molecular complexity index is 651. The predicted octanol–water partition coefficient (Wildman–Crippen LogP) is 2.97. The number of nitrogens with zero attached hydrogens (tertiary/aromatic N) is 2. The quantitative estimate of drug-likeness (QED) is 0.682. The van der Waals surface area contributed by atoms with Gasteiger partial charge >= 0.3 is 6.18 Å².